The first-order valence-corrected chi connectivity index (χ1v) is 5.24. The third-order valence-corrected chi connectivity index (χ3v) is 2.73. The van der Waals surface area contributed by atoms with E-state index in [-0.39, 0.29) is 12.2 Å². The van der Waals surface area contributed by atoms with Crippen molar-refractivity contribution in [2.45, 2.75) is 31.9 Å². The number of hydrogen-bond acceptors (Lipinski definition) is 4. The molecule has 1 unspecified atom stereocenters. The van der Waals surface area contributed by atoms with Gasteiger partial charge in [0.2, 0.25) is 0 Å². The molecule has 0 radical (unpaired) electrons. The standard InChI is InChI=1S/C7H14O4S/c1-3-5-6(8)7(4-2)12(9,10)11/h5,7-8H,3-4H2,1-2H3,(H,9,10,11)/p-1/b6-5-. The predicted octanol–water partition coefficient (Wildman–Crippen LogP) is 1.16. The lowest BCUT2D eigenvalue weighted by Crippen LogP contribution is -2.22. The highest BCUT2D eigenvalue weighted by Crippen LogP contribution is 2.12. The molecule has 0 aromatic rings. The maximum atomic E-state index is 10.5. The first-order valence-electron chi connectivity index (χ1n) is 3.77. The van der Waals surface area contributed by atoms with Crippen LogP contribution in [0.3, 0.4) is 0 Å². The van der Waals surface area contributed by atoms with Gasteiger partial charge in [-0.25, -0.2) is 8.42 Å². The minimum atomic E-state index is -4.40. The van der Waals surface area contributed by atoms with Gasteiger partial charge >= 0.3 is 0 Å². The number of aliphatic hydroxyl groups excluding tert-OH is 1. The molecule has 12 heavy (non-hydrogen) atoms. The average molecular weight is 193 g/mol. The molecule has 1 atom stereocenters. The third-order valence-electron chi connectivity index (χ3n) is 1.46. The van der Waals surface area contributed by atoms with Gasteiger partial charge in [0, 0.05) is 0 Å². The van der Waals surface area contributed by atoms with Crippen LogP contribution in [0.1, 0.15) is 26.7 Å². The molecule has 0 aromatic heterocycles. The van der Waals surface area contributed by atoms with Crippen LogP contribution in [0.2, 0.25) is 0 Å². The SMILES string of the molecule is CC/C=C(\O)C(CC)S(=O)(=O)[O-]. The molecule has 4 nitrogen and oxygen atoms in total. The third kappa shape index (κ3) is 3.23. The molecule has 0 fully saturated rings. The highest BCUT2D eigenvalue weighted by molar-refractivity contribution is 7.86. The monoisotopic (exact) mass is 193 g/mol. The molecule has 72 valence electrons. The second kappa shape index (κ2) is 4.47. The van der Waals surface area contributed by atoms with Gasteiger partial charge in [0.25, 0.3) is 0 Å². The van der Waals surface area contributed by atoms with Gasteiger partial charge in [-0.05, 0) is 18.9 Å². The molecule has 0 saturated carbocycles. The Bertz CT molecular complexity index is 253. The molecule has 0 aliphatic rings. The van der Waals surface area contributed by atoms with E-state index < -0.39 is 15.4 Å². The zero-order valence-corrected chi connectivity index (χ0v) is 7.97. The van der Waals surface area contributed by atoms with Crippen LogP contribution in [-0.2, 0) is 10.1 Å². The molecular formula is C7H13O4S-. The summed E-state index contributed by atoms with van der Waals surface area (Å²) in [5.74, 6) is -0.338. The van der Waals surface area contributed by atoms with Crippen molar-refractivity contribution in [3.63, 3.8) is 0 Å². The van der Waals surface area contributed by atoms with Crippen LogP contribution in [0, 0.1) is 0 Å². The van der Waals surface area contributed by atoms with E-state index in [0.717, 1.165) is 0 Å². The summed E-state index contributed by atoms with van der Waals surface area (Å²) in [6.45, 7) is 3.29. The summed E-state index contributed by atoms with van der Waals surface area (Å²) in [7, 11) is -4.40. The van der Waals surface area contributed by atoms with Crippen LogP contribution in [0.15, 0.2) is 11.8 Å². The normalized spacial score (nSPS) is 16.1. The van der Waals surface area contributed by atoms with Crippen molar-refractivity contribution in [1.82, 2.24) is 0 Å². The summed E-state index contributed by atoms with van der Waals surface area (Å²) < 4.78 is 31.6. The van der Waals surface area contributed by atoms with Gasteiger partial charge in [-0.3, -0.25) is 0 Å². The molecule has 0 heterocycles. The number of hydrogen-bond donors (Lipinski definition) is 1. The minimum Gasteiger partial charge on any atom is -0.747 e. The number of allylic oxidation sites excluding steroid dienone is 1. The molecule has 0 saturated heterocycles. The van der Waals surface area contributed by atoms with Gasteiger partial charge in [0.1, 0.15) is 21.1 Å². The summed E-state index contributed by atoms with van der Waals surface area (Å²) in [5, 5.41) is 7.85. The topological polar surface area (TPSA) is 77.4 Å². The largest absolute Gasteiger partial charge is 0.747 e. The van der Waals surface area contributed by atoms with E-state index in [9.17, 15) is 13.0 Å². The van der Waals surface area contributed by atoms with E-state index in [4.69, 9.17) is 5.11 Å². The van der Waals surface area contributed by atoms with Gasteiger partial charge < -0.3 is 9.66 Å². The lowest BCUT2D eigenvalue weighted by Gasteiger charge is -2.17. The van der Waals surface area contributed by atoms with Crippen LogP contribution in [0.4, 0.5) is 0 Å². The smallest absolute Gasteiger partial charge is 0.106 e. The van der Waals surface area contributed by atoms with Crippen molar-refractivity contribution in [3.05, 3.63) is 11.8 Å². The van der Waals surface area contributed by atoms with Crippen LogP contribution >= 0.6 is 0 Å². The lowest BCUT2D eigenvalue weighted by atomic mass is 10.2. The Kier molecular flexibility index (Phi) is 4.26. The maximum Gasteiger partial charge on any atom is 0.106 e. The molecule has 0 spiro atoms. The van der Waals surface area contributed by atoms with E-state index in [1.54, 1.807) is 13.8 Å². The summed E-state index contributed by atoms with van der Waals surface area (Å²) in [6.07, 6.45) is 1.95. The lowest BCUT2D eigenvalue weighted by molar-refractivity contribution is 0.367. The summed E-state index contributed by atoms with van der Waals surface area (Å²) >= 11 is 0. The Labute approximate surface area is 72.7 Å². The highest BCUT2D eigenvalue weighted by atomic mass is 32.2. The van der Waals surface area contributed by atoms with Gasteiger partial charge in [-0.2, -0.15) is 0 Å². The number of rotatable bonds is 4. The highest BCUT2D eigenvalue weighted by Gasteiger charge is 2.17. The fraction of sp³-hybridized carbons (Fsp3) is 0.714. The molecule has 0 rings (SSSR count). The van der Waals surface area contributed by atoms with Crippen molar-refractivity contribution >= 4 is 10.1 Å². The van der Waals surface area contributed by atoms with Gasteiger partial charge in [-0.1, -0.05) is 13.8 Å². The van der Waals surface area contributed by atoms with E-state index in [0.29, 0.717) is 6.42 Å². The zero-order chi connectivity index (χ0) is 9.78. The Morgan fingerprint density at radius 2 is 2.08 bits per heavy atom. The fourth-order valence-corrected chi connectivity index (χ4v) is 1.70. The van der Waals surface area contributed by atoms with Gasteiger partial charge in [-0.15, -0.1) is 0 Å². The summed E-state index contributed by atoms with van der Waals surface area (Å²) in [4.78, 5) is 0. The molecule has 0 amide bonds. The van der Waals surface area contributed by atoms with Crippen LogP contribution in [0.25, 0.3) is 0 Å². The molecule has 1 N–H and O–H groups in total. The van der Waals surface area contributed by atoms with E-state index in [2.05, 4.69) is 0 Å². The van der Waals surface area contributed by atoms with Crippen molar-refractivity contribution in [2.75, 3.05) is 0 Å². The van der Waals surface area contributed by atoms with E-state index >= 15 is 0 Å². The quantitative estimate of drug-likeness (QED) is 0.537. The first kappa shape index (κ1) is 11.4. The molecule has 0 bridgehead atoms. The van der Waals surface area contributed by atoms with E-state index in [1.165, 1.54) is 6.08 Å². The first-order chi connectivity index (χ1) is 5.43. The van der Waals surface area contributed by atoms with Crippen molar-refractivity contribution in [2.24, 2.45) is 0 Å². The second-order valence-corrected chi connectivity index (χ2v) is 3.98. The predicted molar refractivity (Wildman–Crippen MR) is 44.8 cm³/mol. The van der Waals surface area contributed by atoms with Crippen LogP contribution < -0.4 is 0 Å². The Balaban J connectivity index is 4.70. The zero-order valence-electron chi connectivity index (χ0n) is 7.15. The van der Waals surface area contributed by atoms with Crippen molar-refractivity contribution in [3.8, 4) is 0 Å². The molecule has 0 aromatic carbocycles. The summed E-state index contributed by atoms with van der Waals surface area (Å²) in [5.41, 5.74) is 0. The molecule has 0 aliphatic carbocycles. The Morgan fingerprint density at radius 1 is 1.58 bits per heavy atom. The van der Waals surface area contributed by atoms with Gasteiger partial charge in [0.05, 0.1) is 0 Å². The fourth-order valence-electron chi connectivity index (χ4n) is 0.902. The molecule has 5 heteroatoms. The summed E-state index contributed by atoms with van der Waals surface area (Å²) in [6, 6.07) is 0. The van der Waals surface area contributed by atoms with Crippen molar-refractivity contribution in [1.29, 1.82) is 0 Å². The maximum absolute atomic E-state index is 10.5. The van der Waals surface area contributed by atoms with Crippen molar-refractivity contribution < 1.29 is 18.1 Å². The number of aliphatic hydroxyl groups is 1. The minimum absolute atomic E-state index is 0.105. The van der Waals surface area contributed by atoms with E-state index in [1.807, 2.05) is 0 Å². The molecular weight excluding hydrogens is 180 g/mol. The molecule has 0 aliphatic heterocycles. The Hall–Kier alpha value is -0.550. The second-order valence-electron chi connectivity index (χ2n) is 2.43. The van der Waals surface area contributed by atoms with Crippen LogP contribution in [-0.4, -0.2) is 23.3 Å². The Morgan fingerprint density at radius 3 is 2.33 bits per heavy atom. The van der Waals surface area contributed by atoms with Crippen LogP contribution in [0.5, 0.6) is 0 Å². The van der Waals surface area contributed by atoms with Gasteiger partial charge in [0.15, 0.2) is 0 Å². The average Bonchev–Trinajstić information content (AvgIpc) is 1.85.